The van der Waals surface area contributed by atoms with Crippen molar-refractivity contribution < 1.29 is 10.2 Å². The van der Waals surface area contributed by atoms with Crippen molar-refractivity contribution in [2.24, 2.45) is 0 Å². The van der Waals surface area contributed by atoms with Crippen molar-refractivity contribution >= 4 is 0 Å². The maximum atomic E-state index is 9.36. The summed E-state index contributed by atoms with van der Waals surface area (Å²) in [6.07, 6.45) is 6.19. The van der Waals surface area contributed by atoms with Crippen LogP contribution in [0.2, 0.25) is 0 Å². The molecular formula is C18H25N3O2. The highest BCUT2D eigenvalue weighted by Gasteiger charge is 2.25. The molecule has 3 rings (SSSR count). The van der Waals surface area contributed by atoms with Gasteiger partial charge in [-0.05, 0) is 50.3 Å². The lowest BCUT2D eigenvalue weighted by molar-refractivity contribution is 0.266. The maximum absolute atomic E-state index is 9.36. The van der Waals surface area contributed by atoms with E-state index in [9.17, 15) is 5.11 Å². The SMILES string of the molecule is CC(Cc1ccc(O)cc1)NC1CCCc2c1cnn2CCO. The van der Waals surface area contributed by atoms with Gasteiger partial charge >= 0.3 is 0 Å². The lowest BCUT2D eigenvalue weighted by Gasteiger charge is -2.27. The molecule has 2 aromatic rings. The van der Waals surface area contributed by atoms with Gasteiger partial charge in [0, 0.05) is 23.3 Å². The average Bonchev–Trinajstić information content (AvgIpc) is 2.94. The highest BCUT2D eigenvalue weighted by atomic mass is 16.3. The van der Waals surface area contributed by atoms with E-state index in [0.717, 1.165) is 25.7 Å². The number of aliphatic hydroxyl groups is 1. The van der Waals surface area contributed by atoms with Crippen molar-refractivity contribution in [1.82, 2.24) is 15.1 Å². The number of aromatic hydroxyl groups is 1. The highest BCUT2D eigenvalue weighted by molar-refractivity contribution is 5.27. The van der Waals surface area contributed by atoms with Crippen molar-refractivity contribution in [3.05, 3.63) is 47.3 Å². The van der Waals surface area contributed by atoms with Crippen molar-refractivity contribution in [3.8, 4) is 5.75 Å². The van der Waals surface area contributed by atoms with Crippen LogP contribution in [0, 0.1) is 0 Å². The number of phenolic OH excluding ortho intramolecular Hbond substituents is 1. The van der Waals surface area contributed by atoms with E-state index in [1.807, 2.05) is 23.0 Å². The average molecular weight is 315 g/mol. The van der Waals surface area contributed by atoms with Gasteiger partial charge < -0.3 is 15.5 Å². The first-order valence-corrected chi connectivity index (χ1v) is 8.36. The Kier molecular flexibility index (Phi) is 4.98. The first kappa shape index (κ1) is 16.0. The quantitative estimate of drug-likeness (QED) is 0.764. The minimum Gasteiger partial charge on any atom is -0.508 e. The Bertz CT molecular complexity index is 636. The monoisotopic (exact) mass is 315 g/mol. The molecule has 0 bridgehead atoms. The number of nitrogens with zero attached hydrogens (tertiary/aromatic N) is 2. The molecule has 23 heavy (non-hydrogen) atoms. The molecule has 1 heterocycles. The van der Waals surface area contributed by atoms with Crippen molar-refractivity contribution in [2.45, 2.75) is 51.2 Å². The van der Waals surface area contributed by atoms with Gasteiger partial charge in [0.25, 0.3) is 0 Å². The number of hydrogen-bond donors (Lipinski definition) is 3. The minimum absolute atomic E-state index is 0.128. The Morgan fingerprint density at radius 2 is 2.13 bits per heavy atom. The van der Waals surface area contributed by atoms with E-state index in [-0.39, 0.29) is 6.61 Å². The van der Waals surface area contributed by atoms with Crippen LogP contribution in [0.4, 0.5) is 0 Å². The van der Waals surface area contributed by atoms with Gasteiger partial charge in [-0.25, -0.2) is 0 Å². The summed E-state index contributed by atoms with van der Waals surface area (Å²) in [5.41, 5.74) is 3.76. The van der Waals surface area contributed by atoms with E-state index in [1.54, 1.807) is 12.1 Å². The summed E-state index contributed by atoms with van der Waals surface area (Å²) in [4.78, 5) is 0. The van der Waals surface area contributed by atoms with E-state index in [0.29, 0.717) is 24.4 Å². The zero-order valence-corrected chi connectivity index (χ0v) is 13.6. The minimum atomic E-state index is 0.128. The molecule has 0 radical (unpaired) electrons. The van der Waals surface area contributed by atoms with E-state index in [2.05, 4.69) is 17.3 Å². The fourth-order valence-electron chi connectivity index (χ4n) is 3.47. The molecule has 0 spiro atoms. The molecule has 0 saturated carbocycles. The molecule has 5 nitrogen and oxygen atoms in total. The first-order chi connectivity index (χ1) is 11.2. The predicted octanol–water partition coefficient (Wildman–Crippen LogP) is 2.18. The number of nitrogens with one attached hydrogen (secondary N) is 1. The Hall–Kier alpha value is -1.85. The smallest absolute Gasteiger partial charge is 0.115 e. The van der Waals surface area contributed by atoms with Crippen LogP contribution in [0.15, 0.2) is 30.5 Å². The Morgan fingerprint density at radius 1 is 1.35 bits per heavy atom. The van der Waals surface area contributed by atoms with E-state index in [1.165, 1.54) is 16.8 Å². The molecule has 1 aromatic heterocycles. The van der Waals surface area contributed by atoms with Crippen LogP contribution in [0.5, 0.6) is 5.75 Å². The standard InChI is InChI=1S/C18H25N3O2/c1-13(11-14-5-7-15(23)8-6-14)20-17-3-2-4-18-16(17)12-19-21(18)9-10-22/h5-8,12-13,17,20,22-23H,2-4,9-11H2,1H3. The molecule has 1 aliphatic carbocycles. The molecule has 2 unspecified atom stereocenters. The fraction of sp³-hybridized carbons (Fsp3) is 0.500. The third-order valence-electron chi connectivity index (χ3n) is 4.54. The van der Waals surface area contributed by atoms with E-state index < -0.39 is 0 Å². The number of benzene rings is 1. The predicted molar refractivity (Wildman–Crippen MR) is 89.4 cm³/mol. The normalized spacial score (nSPS) is 18.6. The summed E-state index contributed by atoms with van der Waals surface area (Å²) in [6, 6.07) is 8.09. The van der Waals surface area contributed by atoms with Crippen LogP contribution in [-0.4, -0.2) is 32.6 Å². The Morgan fingerprint density at radius 3 is 2.87 bits per heavy atom. The molecule has 124 valence electrons. The van der Waals surface area contributed by atoms with Gasteiger partial charge in [-0.1, -0.05) is 12.1 Å². The molecule has 0 fully saturated rings. The molecule has 5 heteroatoms. The van der Waals surface area contributed by atoms with E-state index >= 15 is 0 Å². The van der Waals surface area contributed by atoms with Crippen LogP contribution >= 0.6 is 0 Å². The van der Waals surface area contributed by atoms with Crippen molar-refractivity contribution in [1.29, 1.82) is 0 Å². The maximum Gasteiger partial charge on any atom is 0.115 e. The lowest BCUT2D eigenvalue weighted by atomic mass is 9.92. The summed E-state index contributed by atoms with van der Waals surface area (Å²) in [7, 11) is 0. The van der Waals surface area contributed by atoms with Gasteiger partial charge in [-0.2, -0.15) is 5.10 Å². The first-order valence-electron chi connectivity index (χ1n) is 8.36. The van der Waals surface area contributed by atoms with Crippen molar-refractivity contribution in [3.63, 3.8) is 0 Å². The number of aliphatic hydroxyl groups excluding tert-OH is 1. The lowest BCUT2D eigenvalue weighted by Crippen LogP contribution is -2.34. The highest BCUT2D eigenvalue weighted by Crippen LogP contribution is 2.30. The second kappa shape index (κ2) is 7.15. The molecule has 1 aliphatic rings. The largest absolute Gasteiger partial charge is 0.508 e. The Labute approximate surface area is 137 Å². The van der Waals surface area contributed by atoms with Gasteiger partial charge in [0.15, 0.2) is 0 Å². The van der Waals surface area contributed by atoms with Gasteiger partial charge in [0.05, 0.1) is 19.3 Å². The zero-order valence-electron chi connectivity index (χ0n) is 13.6. The van der Waals surface area contributed by atoms with Gasteiger partial charge in [-0.3, -0.25) is 4.68 Å². The number of rotatable bonds is 6. The van der Waals surface area contributed by atoms with E-state index in [4.69, 9.17) is 5.11 Å². The summed E-state index contributed by atoms with van der Waals surface area (Å²) in [6.45, 7) is 2.90. The van der Waals surface area contributed by atoms with Crippen LogP contribution in [-0.2, 0) is 19.4 Å². The van der Waals surface area contributed by atoms with Gasteiger partial charge in [0.1, 0.15) is 5.75 Å². The summed E-state index contributed by atoms with van der Waals surface area (Å²) < 4.78 is 1.94. The number of hydrogen-bond acceptors (Lipinski definition) is 4. The van der Waals surface area contributed by atoms with Crippen LogP contribution in [0.25, 0.3) is 0 Å². The molecule has 2 atom stereocenters. The molecular weight excluding hydrogens is 290 g/mol. The Balaban J connectivity index is 1.65. The number of aromatic nitrogens is 2. The molecule has 0 saturated heterocycles. The summed E-state index contributed by atoms with van der Waals surface area (Å²) >= 11 is 0. The zero-order chi connectivity index (χ0) is 16.2. The summed E-state index contributed by atoms with van der Waals surface area (Å²) in [5.74, 6) is 0.308. The van der Waals surface area contributed by atoms with Crippen molar-refractivity contribution in [2.75, 3.05) is 6.61 Å². The van der Waals surface area contributed by atoms with Gasteiger partial charge in [0.2, 0.25) is 0 Å². The number of phenols is 1. The van der Waals surface area contributed by atoms with Crippen LogP contribution < -0.4 is 5.32 Å². The fourth-order valence-corrected chi connectivity index (χ4v) is 3.47. The third-order valence-corrected chi connectivity index (χ3v) is 4.54. The van der Waals surface area contributed by atoms with Crippen LogP contribution in [0.1, 0.15) is 42.6 Å². The second-order valence-electron chi connectivity index (χ2n) is 6.38. The third kappa shape index (κ3) is 3.74. The van der Waals surface area contributed by atoms with Gasteiger partial charge in [-0.15, -0.1) is 0 Å². The van der Waals surface area contributed by atoms with Crippen LogP contribution in [0.3, 0.4) is 0 Å². The number of fused-ring (bicyclic) bond motifs is 1. The topological polar surface area (TPSA) is 70.3 Å². The second-order valence-corrected chi connectivity index (χ2v) is 6.38. The molecule has 3 N–H and O–H groups in total. The molecule has 0 amide bonds. The molecule has 0 aliphatic heterocycles. The summed E-state index contributed by atoms with van der Waals surface area (Å²) in [5, 5.41) is 26.6. The molecule has 1 aromatic carbocycles.